The van der Waals surface area contributed by atoms with Crippen LogP contribution in [0, 0.1) is 66.6 Å². The predicted molar refractivity (Wildman–Crippen MR) is 317 cm³/mol. The molecule has 10 fully saturated rings. The van der Waals surface area contributed by atoms with Gasteiger partial charge < -0.3 is 24.4 Å². The standard InChI is InChI=1S/2C34H50Si.CH3.BrH.Mg/c2*1-20(2)32-29-13-9-11-25(29)22(4)28-15-17-31(34(28)32)35(18-6-7-19-35)30-16-14-27-21(3)24-10-8-12-26(24)23(5)33(27)30;;;/h2*20,27-28,30-31,33-34H,6-19H2,1-5H3;1H3;1H;/q;;-1;;+2/p-1. The van der Waals surface area contributed by atoms with Crippen LogP contribution < -0.4 is 17.0 Å². The Morgan fingerprint density at radius 2 is 0.548 bits per heavy atom. The molecule has 0 aromatic carbocycles. The summed E-state index contributed by atoms with van der Waals surface area (Å²) in [6.07, 6.45) is 35.5. The van der Waals surface area contributed by atoms with E-state index in [-0.39, 0.29) is 47.5 Å². The van der Waals surface area contributed by atoms with Gasteiger partial charge in [-0.3, -0.25) is 0 Å². The van der Waals surface area contributed by atoms with E-state index < -0.39 is 16.1 Å². The van der Waals surface area contributed by atoms with E-state index in [1.165, 1.54) is 103 Å². The van der Waals surface area contributed by atoms with Crippen LogP contribution >= 0.6 is 0 Å². The molecule has 14 aliphatic rings. The fraction of sp³-hybridized carbons (Fsp3) is 0.754. The number of halogens is 1. The average Bonchev–Trinajstić information content (AvgIpc) is 4.19. The Labute approximate surface area is 478 Å². The summed E-state index contributed by atoms with van der Waals surface area (Å²) in [5.41, 5.74) is 34.5. The Balaban J connectivity index is 0.000000161. The summed E-state index contributed by atoms with van der Waals surface area (Å²) in [7, 11) is -2.75. The number of hydrogen-bond donors (Lipinski definition) is 0. The normalized spacial score (nSPS) is 38.6. The van der Waals surface area contributed by atoms with Crippen molar-refractivity contribution in [2.75, 3.05) is 0 Å². The topological polar surface area (TPSA) is 0 Å². The SMILES string of the molecule is CC1=C2CCCC2=C(C)C2C1CCC2[Si]1(C2CCC3C(C)=C4CCCC4=C(C(C)C)C32)CCCC1.CC1=C2CCCC2=C(C)C2C1CCC2[Si]1(C2CCC3C(C)=C4CCCC4=C(C(C)C)C32)CCCC1.[Br-].[CH3-].[Mg+2]. The van der Waals surface area contributed by atoms with Crippen molar-refractivity contribution in [2.45, 2.75) is 270 Å². The molecule has 0 N–H and O–H groups in total. The van der Waals surface area contributed by atoms with Crippen molar-refractivity contribution < 1.29 is 17.0 Å². The first kappa shape index (κ1) is 55.9. The summed E-state index contributed by atoms with van der Waals surface area (Å²) < 4.78 is 0. The zero-order chi connectivity index (χ0) is 48.1. The molecule has 2 aliphatic heterocycles. The summed E-state index contributed by atoms with van der Waals surface area (Å²) in [5, 5.41) is 0. The van der Waals surface area contributed by atoms with E-state index in [0.717, 1.165) is 81.3 Å². The van der Waals surface area contributed by atoms with E-state index >= 15 is 0 Å². The van der Waals surface area contributed by atoms with Crippen molar-refractivity contribution in [3.8, 4) is 0 Å². The third kappa shape index (κ3) is 8.21. The summed E-state index contributed by atoms with van der Waals surface area (Å²) in [5.74, 6) is 8.90. The van der Waals surface area contributed by atoms with Gasteiger partial charge in [0.2, 0.25) is 0 Å². The Bertz CT molecular complexity index is 2290. The molecule has 12 atom stereocenters. The summed E-state index contributed by atoms with van der Waals surface area (Å²) in [6.45, 7) is 25.8. The minimum absolute atomic E-state index is 0. The smallest absolute Gasteiger partial charge is 1.00 e. The van der Waals surface area contributed by atoms with Crippen molar-refractivity contribution in [1.82, 2.24) is 0 Å². The largest absolute Gasteiger partial charge is 2.00 e. The maximum absolute atomic E-state index is 2.62. The maximum Gasteiger partial charge on any atom is 2.00 e. The number of fused-ring (bicyclic) bond motifs is 8. The van der Waals surface area contributed by atoms with Gasteiger partial charge in [-0.25, -0.2) is 0 Å². The van der Waals surface area contributed by atoms with Gasteiger partial charge in [0.05, 0.1) is 16.1 Å². The van der Waals surface area contributed by atoms with Crippen LogP contribution in [0.4, 0.5) is 0 Å². The quantitative estimate of drug-likeness (QED) is 0.184. The van der Waals surface area contributed by atoms with Crippen molar-refractivity contribution in [3.63, 3.8) is 0 Å². The monoisotopic (exact) mass is 1090 g/mol. The molecular formula is C69H103BrMgSi2. The minimum atomic E-state index is -1.37. The fourth-order valence-electron chi connectivity index (χ4n) is 24.1. The molecule has 0 aromatic rings. The number of rotatable bonds is 6. The van der Waals surface area contributed by atoms with Crippen molar-refractivity contribution in [2.24, 2.45) is 59.2 Å². The molecule has 0 nitrogen and oxygen atoms in total. The van der Waals surface area contributed by atoms with Gasteiger partial charge in [0, 0.05) is 0 Å². The van der Waals surface area contributed by atoms with Gasteiger partial charge in [-0.2, -0.15) is 0 Å². The fourth-order valence-corrected chi connectivity index (χ4v) is 39.9. The van der Waals surface area contributed by atoms with Crippen LogP contribution in [-0.2, 0) is 0 Å². The Morgan fingerprint density at radius 3 is 0.836 bits per heavy atom. The Kier molecular flexibility index (Phi) is 16.3. The van der Waals surface area contributed by atoms with Gasteiger partial charge in [-0.1, -0.05) is 148 Å². The first-order valence-corrected chi connectivity index (χ1v) is 36.7. The molecule has 2 heterocycles. The molecule has 14 rings (SSSR count). The molecule has 73 heavy (non-hydrogen) atoms. The summed E-state index contributed by atoms with van der Waals surface area (Å²) in [4.78, 5) is 0. The average molecular weight is 1090 g/mol. The molecule has 2 saturated heterocycles. The molecule has 0 bridgehead atoms. The molecule has 12 aliphatic carbocycles. The molecule has 0 spiro atoms. The molecule has 396 valence electrons. The van der Waals surface area contributed by atoms with E-state index in [0.29, 0.717) is 0 Å². The molecule has 8 saturated carbocycles. The first-order chi connectivity index (χ1) is 33.9. The van der Waals surface area contributed by atoms with Crippen molar-refractivity contribution in [3.05, 3.63) is 96.6 Å². The predicted octanol–water partition coefficient (Wildman–Crippen LogP) is 17.7. The molecule has 0 aromatic heterocycles. The molecule has 0 amide bonds. The zero-order valence-electron chi connectivity index (χ0n) is 49.0. The van der Waals surface area contributed by atoms with Crippen LogP contribution in [0.2, 0.25) is 46.3 Å². The van der Waals surface area contributed by atoms with Crippen LogP contribution in [0.3, 0.4) is 0 Å². The van der Waals surface area contributed by atoms with Crippen LogP contribution in [0.5, 0.6) is 0 Å². The van der Waals surface area contributed by atoms with Gasteiger partial charge in [0.25, 0.3) is 0 Å². The van der Waals surface area contributed by atoms with Crippen LogP contribution in [0.25, 0.3) is 0 Å². The van der Waals surface area contributed by atoms with Crippen molar-refractivity contribution >= 4 is 39.2 Å². The van der Waals surface area contributed by atoms with E-state index in [9.17, 15) is 0 Å². The number of hydrogen-bond acceptors (Lipinski definition) is 0. The van der Waals surface area contributed by atoms with Crippen LogP contribution in [0.15, 0.2) is 89.2 Å². The summed E-state index contributed by atoms with van der Waals surface area (Å²) in [6, 6.07) is 6.74. The van der Waals surface area contributed by atoms with Gasteiger partial charge in [-0.15, -0.1) is 0 Å². The Hall–Kier alpha value is -0.400. The molecular weight excluding hydrogens is 989 g/mol. The van der Waals surface area contributed by atoms with Gasteiger partial charge >= 0.3 is 23.1 Å². The van der Waals surface area contributed by atoms with Crippen LogP contribution in [-0.4, -0.2) is 39.2 Å². The summed E-state index contributed by atoms with van der Waals surface area (Å²) >= 11 is 0. The number of allylic oxidation sites excluding steroid dienone is 16. The van der Waals surface area contributed by atoms with Crippen molar-refractivity contribution in [1.29, 1.82) is 0 Å². The minimum Gasteiger partial charge on any atom is -1.00 e. The maximum atomic E-state index is 2.62. The second kappa shape index (κ2) is 21.2. The molecule has 12 unspecified atom stereocenters. The third-order valence-corrected chi connectivity index (χ3v) is 39.9. The van der Waals surface area contributed by atoms with E-state index in [2.05, 4.69) is 69.2 Å². The second-order valence-corrected chi connectivity index (χ2v) is 38.6. The van der Waals surface area contributed by atoms with Crippen LogP contribution in [0.1, 0.15) is 223 Å². The molecule has 0 radical (unpaired) electrons. The van der Waals surface area contributed by atoms with Gasteiger partial charge in [0.1, 0.15) is 0 Å². The molecule has 4 heteroatoms. The van der Waals surface area contributed by atoms with E-state index in [1.54, 1.807) is 75.5 Å². The first-order valence-electron chi connectivity index (χ1n) is 31.5. The Morgan fingerprint density at radius 1 is 0.315 bits per heavy atom. The zero-order valence-corrected chi connectivity index (χ0v) is 54.0. The van der Waals surface area contributed by atoms with Gasteiger partial charge in [0.15, 0.2) is 0 Å². The second-order valence-electron chi connectivity index (χ2n) is 28.7. The third-order valence-electron chi connectivity index (χ3n) is 26.3. The van der Waals surface area contributed by atoms with Gasteiger partial charge in [-0.05, 0) is 270 Å². The van der Waals surface area contributed by atoms with E-state index in [4.69, 9.17) is 0 Å². The van der Waals surface area contributed by atoms with E-state index in [1.807, 2.05) is 89.2 Å².